The van der Waals surface area contributed by atoms with Crippen molar-refractivity contribution in [2.24, 2.45) is 4.99 Å². The first-order chi connectivity index (χ1) is 10.7. The van der Waals surface area contributed by atoms with E-state index < -0.39 is 0 Å². The van der Waals surface area contributed by atoms with E-state index >= 15 is 0 Å². The number of carbonyl (C=O) groups excluding carboxylic acids is 1. The number of fused-ring (bicyclic) bond motifs is 1. The van der Waals surface area contributed by atoms with E-state index in [1.54, 1.807) is 35.5 Å². The summed E-state index contributed by atoms with van der Waals surface area (Å²) in [6, 6.07) is 9.08. The smallest absolute Gasteiger partial charge is 0.233 e. The molecule has 3 rings (SSSR count). The number of hydrogen-bond donors (Lipinski definition) is 0. The number of halogens is 1. The maximum atomic E-state index is 12.6. The number of rotatable bonds is 3. The Morgan fingerprint density at radius 1 is 1.36 bits per heavy atom. The van der Waals surface area contributed by atoms with Gasteiger partial charge in [-0.1, -0.05) is 23.7 Å². The molecular weight excluding hydrogens is 298 g/mol. The third-order valence-electron chi connectivity index (χ3n) is 3.41. The Hall–Kier alpha value is -2.46. The maximum Gasteiger partial charge on any atom is 0.233 e. The molecule has 0 saturated heterocycles. The molecule has 5 heteroatoms. The summed E-state index contributed by atoms with van der Waals surface area (Å²) >= 11 is 6.07. The summed E-state index contributed by atoms with van der Waals surface area (Å²) in [6.07, 6.45) is 5.31. The fourth-order valence-electron chi connectivity index (χ4n) is 2.39. The Bertz CT molecular complexity index is 756. The summed E-state index contributed by atoms with van der Waals surface area (Å²) in [5, 5.41) is 0.570. The number of carbonyl (C=O) groups is 1. The highest BCUT2D eigenvalue weighted by molar-refractivity contribution is 6.31. The molecule has 0 unspecified atom stereocenters. The molecule has 0 aliphatic carbocycles. The number of hydrogen-bond acceptors (Lipinski definition) is 3. The molecule has 0 spiro atoms. The molecule has 22 heavy (non-hydrogen) atoms. The second-order valence-corrected chi connectivity index (χ2v) is 5.34. The highest BCUT2D eigenvalue weighted by Gasteiger charge is 2.24. The van der Waals surface area contributed by atoms with Gasteiger partial charge in [0.25, 0.3) is 0 Å². The zero-order chi connectivity index (χ0) is 15.5. The first-order valence-corrected chi connectivity index (χ1v) is 7.25. The molecule has 4 nitrogen and oxygen atoms in total. The number of nitrogens with zero attached hydrogens (tertiary/aromatic N) is 3. The quantitative estimate of drug-likeness (QED) is 0.810. The van der Waals surface area contributed by atoms with Crippen molar-refractivity contribution in [1.82, 2.24) is 4.98 Å². The first-order valence-electron chi connectivity index (χ1n) is 6.88. The zero-order valence-corrected chi connectivity index (χ0v) is 12.6. The molecule has 2 heterocycles. The Labute approximate surface area is 133 Å². The Balaban J connectivity index is 2.13. The number of aromatic nitrogens is 1. The van der Waals surface area contributed by atoms with Crippen LogP contribution >= 0.6 is 11.6 Å². The van der Waals surface area contributed by atoms with Crippen LogP contribution < -0.4 is 4.90 Å². The van der Waals surface area contributed by atoms with Gasteiger partial charge in [-0.3, -0.25) is 14.8 Å². The van der Waals surface area contributed by atoms with E-state index in [4.69, 9.17) is 11.6 Å². The van der Waals surface area contributed by atoms with Crippen LogP contribution in [0.2, 0.25) is 5.02 Å². The van der Waals surface area contributed by atoms with Gasteiger partial charge in [-0.15, -0.1) is 6.58 Å². The van der Waals surface area contributed by atoms with Gasteiger partial charge in [0.1, 0.15) is 0 Å². The molecule has 0 radical (unpaired) electrons. The number of anilines is 1. The van der Waals surface area contributed by atoms with Crippen molar-refractivity contribution in [2.75, 3.05) is 11.4 Å². The Morgan fingerprint density at radius 3 is 2.95 bits per heavy atom. The third-order valence-corrected chi connectivity index (χ3v) is 3.64. The predicted octanol–water partition coefficient (Wildman–Crippen LogP) is 3.78. The maximum absolute atomic E-state index is 12.6. The van der Waals surface area contributed by atoms with E-state index in [1.807, 2.05) is 18.2 Å². The van der Waals surface area contributed by atoms with Gasteiger partial charge in [0.2, 0.25) is 5.91 Å². The summed E-state index contributed by atoms with van der Waals surface area (Å²) in [6.45, 7) is 4.14. The summed E-state index contributed by atoms with van der Waals surface area (Å²) in [4.78, 5) is 23.0. The molecule has 0 saturated carbocycles. The lowest BCUT2D eigenvalue weighted by Crippen LogP contribution is -2.31. The van der Waals surface area contributed by atoms with E-state index in [0.717, 1.165) is 11.3 Å². The molecule has 1 amide bonds. The highest BCUT2D eigenvalue weighted by atomic mass is 35.5. The minimum Gasteiger partial charge on any atom is -0.306 e. The average molecular weight is 312 g/mol. The van der Waals surface area contributed by atoms with Gasteiger partial charge in [-0.2, -0.15) is 0 Å². The van der Waals surface area contributed by atoms with Gasteiger partial charge >= 0.3 is 0 Å². The Morgan fingerprint density at radius 2 is 2.23 bits per heavy atom. The van der Waals surface area contributed by atoms with Gasteiger partial charge in [0.15, 0.2) is 0 Å². The van der Waals surface area contributed by atoms with Gasteiger partial charge in [0, 0.05) is 29.5 Å². The van der Waals surface area contributed by atoms with Crippen LogP contribution in [0, 0.1) is 0 Å². The van der Waals surface area contributed by atoms with Crippen LogP contribution in [0.15, 0.2) is 60.4 Å². The lowest BCUT2D eigenvalue weighted by Gasteiger charge is -2.20. The number of amides is 1. The van der Waals surface area contributed by atoms with Gasteiger partial charge in [0.05, 0.1) is 23.5 Å². The van der Waals surface area contributed by atoms with Crippen molar-refractivity contribution in [2.45, 2.75) is 6.42 Å². The third kappa shape index (κ3) is 2.78. The van der Waals surface area contributed by atoms with Crippen molar-refractivity contribution in [3.63, 3.8) is 0 Å². The van der Waals surface area contributed by atoms with Crippen molar-refractivity contribution >= 4 is 34.6 Å². The molecule has 1 aromatic heterocycles. The van der Waals surface area contributed by atoms with E-state index in [0.29, 0.717) is 23.0 Å². The normalized spacial score (nSPS) is 14.1. The van der Waals surface area contributed by atoms with Crippen LogP contribution in [-0.4, -0.2) is 23.1 Å². The van der Waals surface area contributed by atoms with E-state index in [9.17, 15) is 4.79 Å². The van der Waals surface area contributed by atoms with Gasteiger partial charge in [-0.05, 0) is 24.3 Å². The first kappa shape index (κ1) is 14.5. The zero-order valence-electron chi connectivity index (χ0n) is 11.9. The second kappa shape index (κ2) is 6.12. The summed E-state index contributed by atoms with van der Waals surface area (Å²) in [5.74, 6) is -0.0384. The average Bonchev–Trinajstić information content (AvgIpc) is 2.66. The molecule has 0 atom stereocenters. The molecule has 0 bridgehead atoms. The number of benzene rings is 1. The number of pyridine rings is 1. The molecule has 0 fully saturated rings. The van der Waals surface area contributed by atoms with Crippen LogP contribution in [0.5, 0.6) is 0 Å². The predicted molar refractivity (Wildman–Crippen MR) is 89.1 cm³/mol. The topological polar surface area (TPSA) is 45.6 Å². The van der Waals surface area contributed by atoms with Crippen molar-refractivity contribution in [1.29, 1.82) is 0 Å². The molecule has 0 N–H and O–H groups in total. The van der Waals surface area contributed by atoms with Crippen LogP contribution in [0.3, 0.4) is 0 Å². The molecule has 1 aliphatic rings. The largest absolute Gasteiger partial charge is 0.306 e. The lowest BCUT2D eigenvalue weighted by molar-refractivity contribution is -0.117. The molecule has 1 aromatic carbocycles. The van der Waals surface area contributed by atoms with Crippen molar-refractivity contribution in [3.8, 4) is 0 Å². The lowest BCUT2D eigenvalue weighted by atomic mass is 10.1. The fraction of sp³-hybridized carbons (Fsp3) is 0.118. The van der Waals surface area contributed by atoms with Crippen molar-refractivity contribution < 1.29 is 4.79 Å². The van der Waals surface area contributed by atoms with Gasteiger partial charge in [-0.25, -0.2) is 0 Å². The molecule has 2 aromatic rings. The van der Waals surface area contributed by atoms with Crippen LogP contribution in [0.1, 0.15) is 12.0 Å². The van der Waals surface area contributed by atoms with Crippen molar-refractivity contribution in [3.05, 3.63) is 66.0 Å². The monoisotopic (exact) mass is 311 g/mol. The minimum absolute atomic E-state index is 0.0384. The Kier molecular flexibility index (Phi) is 4.02. The standard InChI is InChI=1S/C17H14ClN3O/c1-2-8-21-16-9-13(18)5-6-14(16)20-15(10-17(21)22)12-4-3-7-19-11-12/h2-7,9,11H,1,8,10H2. The summed E-state index contributed by atoms with van der Waals surface area (Å²) in [7, 11) is 0. The van der Waals surface area contributed by atoms with Crippen LogP contribution in [0.4, 0.5) is 11.4 Å². The summed E-state index contributed by atoms with van der Waals surface area (Å²) < 4.78 is 0. The van der Waals surface area contributed by atoms with E-state index in [2.05, 4.69) is 16.6 Å². The van der Waals surface area contributed by atoms with Crippen LogP contribution in [0.25, 0.3) is 0 Å². The summed E-state index contributed by atoms with van der Waals surface area (Å²) in [5.41, 5.74) is 2.97. The fourth-order valence-corrected chi connectivity index (χ4v) is 2.56. The molecule has 1 aliphatic heterocycles. The molecular formula is C17H14ClN3O. The highest BCUT2D eigenvalue weighted by Crippen LogP contribution is 2.35. The SMILES string of the molecule is C=CCN1C(=O)CC(c2cccnc2)=Nc2ccc(Cl)cc21. The van der Waals surface area contributed by atoms with Gasteiger partial charge < -0.3 is 4.90 Å². The second-order valence-electron chi connectivity index (χ2n) is 4.90. The van der Waals surface area contributed by atoms with Crippen LogP contribution in [-0.2, 0) is 4.79 Å². The molecule has 110 valence electrons. The number of aliphatic imine (C=N–C) groups is 1. The van der Waals surface area contributed by atoms with E-state index in [1.165, 1.54) is 0 Å². The minimum atomic E-state index is -0.0384. The van der Waals surface area contributed by atoms with E-state index in [-0.39, 0.29) is 12.3 Å².